The molecule has 1 amide bonds. The van der Waals surface area contributed by atoms with Gasteiger partial charge in [-0.25, -0.2) is 4.39 Å². The maximum Gasteiger partial charge on any atom is 0.264 e. The van der Waals surface area contributed by atoms with Crippen LogP contribution in [0.15, 0.2) is 29.6 Å². The summed E-state index contributed by atoms with van der Waals surface area (Å²) < 4.78 is 14.3. The van der Waals surface area contributed by atoms with Crippen LogP contribution < -0.4 is 4.90 Å². The largest absolute Gasteiger partial charge is 0.366 e. The standard InChI is InChI=1S/C20H21FN2O2S/c1-13(24)15-4-5-18(17(21)12-15)22-7-9-23(10-8-22)20(25)19-16(6-11-26-19)14-2-3-14/h4-6,11-12,14H,2-3,7-10H2,1H3. The molecule has 136 valence electrons. The van der Waals surface area contributed by atoms with Crippen LogP contribution in [0.3, 0.4) is 0 Å². The Morgan fingerprint density at radius 3 is 2.46 bits per heavy atom. The van der Waals surface area contributed by atoms with E-state index >= 15 is 0 Å². The van der Waals surface area contributed by atoms with E-state index in [1.165, 1.54) is 42.7 Å². The SMILES string of the molecule is CC(=O)c1ccc(N2CCN(C(=O)c3sccc3C3CC3)CC2)c(F)c1. The lowest BCUT2D eigenvalue weighted by molar-refractivity contribution is 0.0750. The first kappa shape index (κ1) is 17.2. The lowest BCUT2D eigenvalue weighted by Gasteiger charge is -2.36. The van der Waals surface area contributed by atoms with Crippen molar-refractivity contribution in [3.63, 3.8) is 0 Å². The topological polar surface area (TPSA) is 40.6 Å². The molecule has 6 heteroatoms. The molecule has 1 aromatic heterocycles. The maximum absolute atomic E-state index is 14.3. The molecule has 1 aromatic carbocycles. The molecule has 1 saturated heterocycles. The quantitative estimate of drug-likeness (QED) is 0.764. The smallest absolute Gasteiger partial charge is 0.264 e. The number of rotatable bonds is 4. The number of hydrogen-bond donors (Lipinski definition) is 0. The highest BCUT2D eigenvalue weighted by Gasteiger charge is 2.31. The molecular weight excluding hydrogens is 351 g/mol. The average Bonchev–Trinajstić information content (AvgIpc) is 3.38. The third kappa shape index (κ3) is 3.26. The molecule has 2 fully saturated rings. The van der Waals surface area contributed by atoms with Gasteiger partial charge in [-0.1, -0.05) is 0 Å². The minimum Gasteiger partial charge on any atom is -0.366 e. The van der Waals surface area contributed by atoms with Crippen LogP contribution in [-0.2, 0) is 0 Å². The van der Waals surface area contributed by atoms with Crippen LogP contribution in [0.5, 0.6) is 0 Å². The zero-order valence-electron chi connectivity index (χ0n) is 14.7. The highest BCUT2D eigenvalue weighted by molar-refractivity contribution is 7.12. The van der Waals surface area contributed by atoms with E-state index in [4.69, 9.17) is 0 Å². The van der Waals surface area contributed by atoms with Crippen molar-refractivity contribution in [1.82, 2.24) is 4.90 Å². The van der Waals surface area contributed by atoms with Gasteiger partial charge in [0.1, 0.15) is 5.82 Å². The van der Waals surface area contributed by atoms with Crippen LogP contribution in [-0.4, -0.2) is 42.8 Å². The summed E-state index contributed by atoms with van der Waals surface area (Å²) >= 11 is 1.53. The van der Waals surface area contributed by atoms with Crippen LogP contribution in [0.25, 0.3) is 0 Å². The zero-order valence-corrected chi connectivity index (χ0v) is 15.5. The molecule has 2 aliphatic rings. The zero-order chi connectivity index (χ0) is 18.3. The molecule has 0 unspecified atom stereocenters. The molecule has 2 heterocycles. The molecule has 0 N–H and O–H groups in total. The second-order valence-electron chi connectivity index (χ2n) is 6.98. The lowest BCUT2D eigenvalue weighted by Crippen LogP contribution is -2.49. The molecule has 0 radical (unpaired) electrons. The van der Waals surface area contributed by atoms with Gasteiger partial charge in [-0.3, -0.25) is 9.59 Å². The van der Waals surface area contributed by atoms with Gasteiger partial charge >= 0.3 is 0 Å². The van der Waals surface area contributed by atoms with Gasteiger partial charge in [0.15, 0.2) is 5.78 Å². The van der Waals surface area contributed by atoms with E-state index in [0.29, 0.717) is 43.3 Å². The maximum atomic E-state index is 14.3. The second kappa shape index (κ2) is 6.83. The Labute approximate surface area is 156 Å². The van der Waals surface area contributed by atoms with E-state index in [-0.39, 0.29) is 17.5 Å². The summed E-state index contributed by atoms with van der Waals surface area (Å²) in [6.45, 7) is 3.77. The minimum atomic E-state index is -0.383. The van der Waals surface area contributed by atoms with Crippen molar-refractivity contribution in [2.24, 2.45) is 0 Å². The Kier molecular flexibility index (Phi) is 4.53. The van der Waals surface area contributed by atoms with Crippen molar-refractivity contribution in [2.75, 3.05) is 31.1 Å². The number of nitrogens with zero attached hydrogens (tertiary/aromatic N) is 2. The molecule has 0 bridgehead atoms. The molecule has 0 atom stereocenters. The summed E-state index contributed by atoms with van der Waals surface area (Å²) in [5.41, 5.74) is 2.08. The van der Waals surface area contributed by atoms with Crippen LogP contribution in [0, 0.1) is 5.82 Å². The fraction of sp³-hybridized carbons (Fsp3) is 0.400. The van der Waals surface area contributed by atoms with Crippen LogP contribution >= 0.6 is 11.3 Å². The molecule has 0 spiro atoms. The molecule has 26 heavy (non-hydrogen) atoms. The minimum absolute atomic E-state index is 0.106. The first-order valence-corrected chi connectivity index (χ1v) is 9.84. The normalized spacial score (nSPS) is 17.5. The number of thiophene rings is 1. The van der Waals surface area contributed by atoms with Crippen molar-refractivity contribution < 1.29 is 14.0 Å². The van der Waals surface area contributed by atoms with Gasteiger partial charge < -0.3 is 9.80 Å². The average molecular weight is 372 g/mol. The summed E-state index contributed by atoms with van der Waals surface area (Å²) in [7, 11) is 0. The van der Waals surface area contributed by atoms with E-state index in [2.05, 4.69) is 6.07 Å². The van der Waals surface area contributed by atoms with Gasteiger partial charge in [-0.05, 0) is 60.9 Å². The Morgan fingerprint density at radius 1 is 1.12 bits per heavy atom. The molecule has 2 aromatic rings. The van der Waals surface area contributed by atoms with Gasteiger partial charge in [0, 0.05) is 31.7 Å². The Bertz CT molecular complexity index is 851. The number of benzene rings is 1. The number of piperazine rings is 1. The fourth-order valence-electron chi connectivity index (χ4n) is 3.49. The van der Waals surface area contributed by atoms with E-state index in [1.807, 2.05) is 15.2 Å². The summed E-state index contributed by atoms with van der Waals surface area (Å²) in [6, 6.07) is 6.69. The number of carbonyl (C=O) groups is 2. The Morgan fingerprint density at radius 2 is 1.85 bits per heavy atom. The van der Waals surface area contributed by atoms with E-state index in [9.17, 15) is 14.0 Å². The van der Waals surface area contributed by atoms with Crippen molar-refractivity contribution in [3.05, 3.63) is 51.5 Å². The third-order valence-corrected chi connectivity index (χ3v) is 6.09. The third-order valence-electron chi connectivity index (χ3n) is 5.17. The van der Waals surface area contributed by atoms with Crippen LogP contribution in [0.4, 0.5) is 10.1 Å². The van der Waals surface area contributed by atoms with Gasteiger partial charge in [-0.15, -0.1) is 11.3 Å². The number of halogens is 1. The van der Waals surface area contributed by atoms with E-state index in [0.717, 1.165) is 4.88 Å². The summed E-state index contributed by atoms with van der Waals surface area (Å²) in [5.74, 6) is 0.143. The molecule has 4 rings (SSSR count). The van der Waals surface area contributed by atoms with Crippen molar-refractivity contribution >= 4 is 28.7 Å². The van der Waals surface area contributed by atoms with Gasteiger partial charge in [0.05, 0.1) is 10.6 Å². The van der Waals surface area contributed by atoms with Crippen molar-refractivity contribution in [2.45, 2.75) is 25.7 Å². The number of amides is 1. The monoisotopic (exact) mass is 372 g/mol. The fourth-order valence-corrected chi connectivity index (χ4v) is 4.44. The Hall–Kier alpha value is -2.21. The summed E-state index contributed by atoms with van der Waals surface area (Å²) in [4.78, 5) is 28.9. The summed E-state index contributed by atoms with van der Waals surface area (Å²) in [6.07, 6.45) is 2.36. The van der Waals surface area contributed by atoms with Crippen LogP contribution in [0.1, 0.15) is 51.3 Å². The van der Waals surface area contributed by atoms with Crippen LogP contribution in [0.2, 0.25) is 0 Å². The number of anilines is 1. The lowest BCUT2D eigenvalue weighted by atomic mass is 10.1. The van der Waals surface area contributed by atoms with Gasteiger partial charge in [0.2, 0.25) is 0 Å². The van der Waals surface area contributed by atoms with Gasteiger partial charge in [0.25, 0.3) is 5.91 Å². The summed E-state index contributed by atoms with van der Waals surface area (Å²) in [5, 5.41) is 2.00. The van der Waals surface area contributed by atoms with Crippen molar-refractivity contribution in [3.8, 4) is 0 Å². The van der Waals surface area contributed by atoms with Gasteiger partial charge in [-0.2, -0.15) is 0 Å². The first-order chi connectivity index (χ1) is 12.5. The number of hydrogen-bond acceptors (Lipinski definition) is 4. The molecular formula is C20H21FN2O2S. The molecule has 4 nitrogen and oxygen atoms in total. The molecule has 1 saturated carbocycles. The predicted octanol–water partition coefficient (Wildman–Crippen LogP) is 3.93. The molecule has 1 aliphatic heterocycles. The number of Topliss-reactive ketones (excluding diaryl/α,β-unsaturated/α-hetero) is 1. The van der Waals surface area contributed by atoms with E-state index in [1.54, 1.807) is 12.1 Å². The highest BCUT2D eigenvalue weighted by atomic mass is 32.1. The number of carbonyl (C=O) groups excluding carboxylic acids is 2. The predicted molar refractivity (Wildman–Crippen MR) is 101 cm³/mol. The second-order valence-corrected chi connectivity index (χ2v) is 7.90. The first-order valence-electron chi connectivity index (χ1n) is 8.96. The van der Waals surface area contributed by atoms with E-state index < -0.39 is 0 Å². The highest BCUT2D eigenvalue weighted by Crippen LogP contribution is 2.43. The Balaban J connectivity index is 1.43. The molecule has 1 aliphatic carbocycles. The van der Waals surface area contributed by atoms with Crippen molar-refractivity contribution in [1.29, 1.82) is 0 Å². The number of ketones is 1.